The Morgan fingerprint density at radius 3 is 2.57 bits per heavy atom. The molecule has 4 rings (SSSR count). The number of azide groups is 1. The molecule has 30 heavy (non-hydrogen) atoms. The van der Waals surface area contributed by atoms with Crippen LogP contribution in [0.2, 0.25) is 0 Å². The van der Waals surface area contributed by atoms with E-state index in [1.54, 1.807) is 0 Å². The molecule has 0 unspecified atom stereocenters. The highest BCUT2D eigenvalue weighted by Crippen LogP contribution is 2.52. The number of hydrogen-bond donors (Lipinski definition) is 5. The number of aliphatic hydroxyl groups is 3. The molecule has 0 aromatic heterocycles. The van der Waals surface area contributed by atoms with Gasteiger partial charge in [-0.15, -0.1) is 0 Å². The molecule has 0 spiro atoms. The number of Topliss-reactive ketones (excluding diaryl/α,β-unsaturated/α-hetero) is 2. The molecular formula is C19H16N4O7. The van der Waals surface area contributed by atoms with Gasteiger partial charge in [-0.3, -0.25) is 14.4 Å². The van der Waals surface area contributed by atoms with Gasteiger partial charge in [0, 0.05) is 22.8 Å². The monoisotopic (exact) mass is 412 g/mol. The predicted octanol–water partition coefficient (Wildman–Crippen LogP) is 1.37. The highest BCUT2D eigenvalue weighted by atomic mass is 16.3. The van der Waals surface area contributed by atoms with Crippen molar-refractivity contribution in [2.24, 2.45) is 22.7 Å². The Balaban J connectivity index is 1.94. The van der Waals surface area contributed by atoms with Crippen molar-refractivity contribution in [1.29, 1.82) is 0 Å². The number of aliphatic hydroxyl groups excluding tert-OH is 2. The smallest absolute Gasteiger partial charge is 0.255 e. The standard InChI is InChI=1S/C19H16N4O7/c20-18(29)13-10(24)5-8-4-7-3-6-1-2-9(22-23-21)14(25)11(6)15(26)12(7)16(27)19(8,30)17(13)28/h1-2,7-8,25-26,28,30H,3-5H2,(H2,20,29)/t7-,8-,19-/m0/s1. The van der Waals surface area contributed by atoms with E-state index in [9.17, 15) is 34.8 Å². The van der Waals surface area contributed by atoms with Crippen LogP contribution in [0, 0.1) is 11.8 Å². The lowest BCUT2D eigenvalue weighted by Crippen LogP contribution is -2.58. The lowest BCUT2D eigenvalue weighted by molar-refractivity contribution is -0.147. The number of hydrogen-bond acceptors (Lipinski definition) is 8. The lowest BCUT2D eigenvalue weighted by Gasteiger charge is -2.46. The Kier molecular flexibility index (Phi) is 4.12. The molecule has 154 valence electrons. The third-order valence-electron chi connectivity index (χ3n) is 6.07. The highest BCUT2D eigenvalue weighted by molar-refractivity contribution is 6.22. The third-order valence-corrected chi connectivity index (χ3v) is 6.07. The summed E-state index contributed by atoms with van der Waals surface area (Å²) in [5.41, 5.74) is 10.2. The SMILES string of the molecule is [N-]=[N+]=Nc1ccc2c(c1O)C(O)=C1C(=O)[C@]3(O)C(O)=C(C(N)=O)C(=O)C[C@@H]3C[C@@H]1C2. The van der Waals surface area contributed by atoms with E-state index < -0.39 is 57.8 Å². The molecule has 1 aromatic rings. The summed E-state index contributed by atoms with van der Waals surface area (Å²) in [5.74, 6) is -7.03. The molecule has 0 bridgehead atoms. The Labute approximate surface area is 168 Å². The van der Waals surface area contributed by atoms with Gasteiger partial charge in [0.15, 0.2) is 11.4 Å². The van der Waals surface area contributed by atoms with Crippen molar-refractivity contribution in [2.75, 3.05) is 0 Å². The van der Waals surface area contributed by atoms with Crippen molar-refractivity contribution in [1.82, 2.24) is 0 Å². The Morgan fingerprint density at radius 1 is 1.23 bits per heavy atom. The first-order valence-corrected chi connectivity index (χ1v) is 9.00. The van der Waals surface area contributed by atoms with Crippen molar-refractivity contribution in [3.05, 3.63) is 50.6 Å². The summed E-state index contributed by atoms with van der Waals surface area (Å²) in [6, 6.07) is 2.90. The maximum atomic E-state index is 13.3. The van der Waals surface area contributed by atoms with E-state index in [1.165, 1.54) is 12.1 Å². The summed E-state index contributed by atoms with van der Waals surface area (Å²) in [5, 5.41) is 46.1. The van der Waals surface area contributed by atoms with E-state index in [-0.39, 0.29) is 36.1 Å². The molecule has 3 aliphatic rings. The fourth-order valence-corrected chi connectivity index (χ4v) is 4.71. The van der Waals surface area contributed by atoms with Gasteiger partial charge >= 0.3 is 0 Å². The van der Waals surface area contributed by atoms with Gasteiger partial charge in [-0.2, -0.15) is 0 Å². The molecule has 0 radical (unpaired) electrons. The summed E-state index contributed by atoms with van der Waals surface area (Å²) in [4.78, 5) is 39.7. The van der Waals surface area contributed by atoms with Crippen LogP contribution in [0.15, 0.2) is 34.2 Å². The molecule has 0 aliphatic heterocycles. The van der Waals surface area contributed by atoms with Gasteiger partial charge in [0.05, 0.1) is 11.3 Å². The van der Waals surface area contributed by atoms with Crippen LogP contribution in [0.25, 0.3) is 16.2 Å². The average molecular weight is 412 g/mol. The lowest BCUT2D eigenvalue weighted by atomic mass is 9.59. The van der Waals surface area contributed by atoms with Gasteiger partial charge in [0.25, 0.3) is 5.91 Å². The largest absolute Gasteiger partial charge is 0.508 e. The third kappa shape index (κ3) is 2.36. The Morgan fingerprint density at radius 2 is 1.93 bits per heavy atom. The number of carbonyl (C=O) groups excluding carboxylic acids is 3. The minimum Gasteiger partial charge on any atom is -0.508 e. The van der Waals surface area contributed by atoms with Crippen molar-refractivity contribution in [2.45, 2.75) is 24.9 Å². The Bertz CT molecular complexity index is 1160. The van der Waals surface area contributed by atoms with Crippen LogP contribution < -0.4 is 5.73 Å². The van der Waals surface area contributed by atoms with Crippen LogP contribution >= 0.6 is 0 Å². The van der Waals surface area contributed by atoms with Crippen LogP contribution in [0.4, 0.5) is 5.69 Å². The number of phenolic OH excluding ortho intramolecular Hbond substituents is 1. The molecular weight excluding hydrogens is 396 g/mol. The predicted molar refractivity (Wildman–Crippen MR) is 100 cm³/mol. The number of amides is 1. The molecule has 1 fully saturated rings. The van der Waals surface area contributed by atoms with Crippen LogP contribution in [0.3, 0.4) is 0 Å². The van der Waals surface area contributed by atoms with Crippen molar-refractivity contribution >= 4 is 28.9 Å². The topological polar surface area (TPSA) is 207 Å². The number of nitrogens with zero attached hydrogens (tertiary/aromatic N) is 3. The summed E-state index contributed by atoms with van der Waals surface area (Å²) in [6.07, 6.45) is -0.122. The fraction of sp³-hybridized carbons (Fsp3) is 0.316. The second-order valence-corrected chi connectivity index (χ2v) is 7.56. The maximum absolute atomic E-state index is 13.3. The number of nitrogens with two attached hydrogens (primary N) is 1. The van der Waals surface area contributed by atoms with Gasteiger partial charge in [0.1, 0.15) is 22.8 Å². The van der Waals surface area contributed by atoms with Gasteiger partial charge in [-0.05, 0) is 35.9 Å². The van der Waals surface area contributed by atoms with E-state index in [1.807, 2.05) is 0 Å². The minimum absolute atomic E-state index is 0.0573. The van der Waals surface area contributed by atoms with E-state index >= 15 is 0 Å². The second-order valence-electron chi connectivity index (χ2n) is 7.56. The molecule has 1 amide bonds. The van der Waals surface area contributed by atoms with E-state index in [2.05, 4.69) is 10.0 Å². The fourth-order valence-electron chi connectivity index (χ4n) is 4.71. The van der Waals surface area contributed by atoms with Crippen LogP contribution in [-0.4, -0.2) is 43.5 Å². The van der Waals surface area contributed by atoms with Gasteiger partial charge in [-0.1, -0.05) is 11.2 Å². The number of ketones is 2. The number of benzene rings is 1. The average Bonchev–Trinajstić information content (AvgIpc) is 2.66. The molecule has 0 saturated heterocycles. The zero-order chi connectivity index (χ0) is 22.0. The van der Waals surface area contributed by atoms with E-state index in [4.69, 9.17) is 11.3 Å². The molecule has 1 aromatic carbocycles. The number of carbonyl (C=O) groups is 3. The zero-order valence-corrected chi connectivity index (χ0v) is 15.4. The normalized spacial score (nSPS) is 27.8. The van der Waals surface area contributed by atoms with Crippen molar-refractivity contribution < 1.29 is 34.8 Å². The van der Waals surface area contributed by atoms with Crippen molar-refractivity contribution in [3.8, 4) is 5.75 Å². The molecule has 3 atom stereocenters. The van der Waals surface area contributed by atoms with Crippen molar-refractivity contribution in [3.63, 3.8) is 0 Å². The molecule has 6 N–H and O–H groups in total. The number of fused-ring (bicyclic) bond motifs is 3. The molecule has 3 aliphatic carbocycles. The van der Waals surface area contributed by atoms with Crippen LogP contribution in [-0.2, 0) is 20.8 Å². The minimum atomic E-state index is -2.60. The van der Waals surface area contributed by atoms with Crippen LogP contribution in [0.5, 0.6) is 5.75 Å². The Hall–Kier alpha value is -3.82. The first kappa shape index (κ1) is 19.5. The second kappa shape index (κ2) is 6.34. The molecule has 11 heteroatoms. The first-order valence-electron chi connectivity index (χ1n) is 9.00. The van der Waals surface area contributed by atoms with Gasteiger partial charge in [-0.25, -0.2) is 0 Å². The summed E-state index contributed by atoms with van der Waals surface area (Å²) in [6.45, 7) is 0. The number of primary amides is 1. The molecule has 1 saturated carbocycles. The summed E-state index contributed by atoms with van der Waals surface area (Å²) < 4.78 is 0. The molecule has 0 heterocycles. The van der Waals surface area contributed by atoms with Crippen LogP contribution in [0.1, 0.15) is 24.0 Å². The highest BCUT2D eigenvalue weighted by Gasteiger charge is 2.60. The number of rotatable bonds is 2. The van der Waals surface area contributed by atoms with Gasteiger partial charge < -0.3 is 26.2 Å². The van der Waals surface area contributed by atoms with E-state index in [0.717, 1.165) is 0 Å². The van der Waals surface area contributed by atoms with E-state index in [0.29, 0.717) is 5.56 Å². The molecule has 11 nitrogen and oxygen atoms in total. The zero-order valence-electron chi connectivity index (χ0n) is 15.4. The number of aromatic hydroxyl groups is 1. The summed E-state index contributed by atoms with van der Waals surface area (Å²) >= 11 is 0. The number of phenols is 1. The first-order chi connectivity index (χ1) is 14.1. The summed E-state index contributed by atoms with van der Waals surface area (Å²) in [7, 11) is 0. The van der Waals surface area contributed by atoms with Gasteiger partial charge in [0.2, 0.25) is 5.78 Å². The maximum Gasteiger partial charge on any atom is 0.255 e. The quantitative estimate of drug-likeness (QED) is 0.208.